The number of hydrogen-bond donors (Lipinski definition) is 3. The number of carbonyl (C=O) groups excluding carboxylic acids is 1. The first-order chi connectivity index (χ1) is 17.6. The van der Waals surface area contributed by atoms with Crippen molar-refractivity contribution >= 4 is 43.8 Å². The van der Waals surface area contributed by atoms with E-state index in [1.54, 1.807) is 12.1 Å². The number of rotatable bonds is 7. The highest BCUT2D eigenvalue weighted by atomic mass is 79.9. The van der Waals surface area contributed by atoms with Gasteiger partial charge in [0.25, 0.3) is 0 Å². The lowest BCUT2D eigenvalue weighted by atomic mass is 9.73. The molecule has 0 atom stereocenters. The monoisotopic (exact) mass is 630 g/mol. The summed E-state index contributed by atoms with van der Waals surface area (Å²) < 4.78 is 7.45. The van der Waals surface area contributed by atoms with Crippen molar-refractivity contribution in [2.24, 2.45) is 0 Å². The Labute approximate surface area is 232 Å². The zero-order valence-corrected chi connectivity index (χ0v) is 24.2. The van der Waals surface area contributed by atoms with Crippen LogP contribution in [0.3, 0.4) is 0 Å². The molecule has 0 spiro atoms. The molecule has 37 heavy (non-hydrogen) atoms. The summed E-state index contributed by atoms with van der Waals surface area (Å²) in [4.78, 5) is 25.5. The van der Waals surface area contributed by atoms with E-state index in [9.17, 15) is 24.9 Å². The lowest BCUT2D eigenvalue weighted by Gasteiger charge is -2.37. The predicted octanol–water partition coefficient (Wildman–Crippen LogP) is 7.03. The number of carboxylic acids is 1. The summed E-state index contributed by atoms with van der Waals surface area (Å²) >= 11 is 7.31. The standard InChI is InChI=1S/C29H28Br2O6/c1-5-15-17(7-3)25(21(30)12-23(15)32)29(26-18(8-4)16(6-2)24(33)13-22(26)31)20-11-14(27(34)35)9-10-19(20)28(36)37-29/h9-13,32-33H,5-8H2,1-4H3,(H,34,35). The Balaban J connectivity index is 2.32. The average molecular weight is 632 g/mol. The van der Waals surface area contributed by atoms with E-state index in [1.165, 1.54) is 18.2 Å². The van der Waals surface area contributed by atoms with Gasteiger partial charge in [0.2, 0.25) is 0 Å². The van der Waals surface area contributed by atoms with Crippen LogP contribution in [0.2, 0.25) is 0 Å². The van der Waals surface area contributed by atoms with Gasteiger partial charge < -0.3 is 20.1 Å². The van der Waals surface area contributed by atoms with Crippen LogP contribution >= 0.6 is 31.9 Å². The molecule has 1 aliphatic heterocycles. The number of esters is 1. The molecule has 0 saturated carbocycles. The second kappa shape index (κ2) is 10.1. The van der Waals surface area contributed by atoms with E-state index >= 15 is 0 Å². The third kappa shape index (κ3) is 4.05. The summed E-state index contributed by atoms with van der Waals surface area (Å²) in [6.45, 7) is 7.82. The zero-order chi connectivity index (χ0) is 27.2. The number of halogens is 2. The molecule has 1 aliphatic rings. The Kier molecular flexibility index (Phi) is 7.45. The van der Waals surface area contributed by atoms with E-state index in [0.29, 0.717) is 51.3 Å². The normalized spacial score (nSPS) is 13.9. The molecule has 0 bridgehead atoms. The molecule has 0 amide bonds. The van der Waals surface area contributed by atoms with E-state index in [4.69, 9.17) is 4.74 Å². The van der Waals surface area contributed by atoms with Crippen molar-refractivity contribution in [2.45, 2.75) is 59.0 Å². The minimum atomic E-state index is -1.54. The molecule has 0 saturated heterocycles. The number of phenolic OH excluding ortho intramolecular Hbond substituents is 2. The second-order valence-corrected chi connectivity index (χ2v) is 10.7. The number of benzene rings is 3. The summed E-state index contributed by atoms with van der Waals surface area (Å²) in [5.41, 5.74) is 3.46. The minimum absolute atomic E-state index is 0.0220. The van der Waals surface area contributed by atoms with Crippen LogP contribution in [0, 0.1) is 0 Å². The minimum Gasteiger partial charge on any atom is -0.508 e. The quantitative estimate of drug-likeness (QED) is 0.242. The van der Waals surface area contributed by atoms with E-state index in [-0.39, 0.29) is 22.6 Å². The Bertz CT molecular complexity index is 1380. The Morgan fingerprint density at radius 1 is 0.811 bits per heavy atom. The molecule has 0 aliphatic carbocycles. The fourth-order valence-corrected chi connectivity index (χ4v) is 7.15. The largest absolute Gasteiger partial charge is 0.508 e. The topological polar surface area (TPSA) is 104 Å². The van der Waals surface area contributed by atoms with Gasteiger partial charge in [0, 0.05) is 25.6 Å². The van der Waals surface area contributed by atoms with Gasteiger partial charge in [-0.25, -0.2) is 9.59 Å². The van der Waals surface area contributed by atoms with Crippen LogP contribution in [-0.2, 0) is 36.0 Å². The summed E-state index contributed by atoms with van der Waals surface area (Å²) in [5, 5.41) is 31.4. The highest BCUT2D eigenvalue weighted by Crippen LogP contribution is 2.55. The Hall–Kier alpha value is -2.84. The van der Waals surface area contributed by atoms with Gasteiger partial charge in [-0.15, -0.1) is 0 Å². The van der Waals surface area contributed by atoms with Gasteiger partial charge in [-0.3, -0.25) is 0 Å². The molecule has 0 unspecified atom stereocenters. The van der Waals surface area contributed by atoms with Gasteiger partial charge >= 0.3 is 11.9 Å². The molecule has 3 N–H and O–H groups in total. The number of hydrogen-bond acceptors (Lipinski definition) is 5. The van der Waals surface area contributed by atoms with Crippen LogP contribution in [-0.4, -0.2) is 27.3 Å². The molecule has 1 heterocycles. The van der Waals surface area contributed by atoms with Gasteiger partial charge in [0.1, 0.15) is 11.5 Å². The van der Waals surface area contributed by atoms with Crippen molar-refractivity contribution in [3.05, 3.63) is 89.3 Å². The smallest absolute Gasteiger partial charge is 0.340 e. The summed E-state index contributed by atoms with van der Waals surface area (Å²) in [6, 6.07) is 7.58. The van der Waals surface area contributed by atoms with Gasteiger partial charge in [0.15, 0.2) is 5.60 Å². The molecule has 194 valence electrons. The number of phenols is 2. The van der Waals surface area contributed by atoms with Crippen LogP contribution in [0.25, 0.3) is 0 Å². The second-order valence-electron chi connectivity index (χ2n) is 8.97. The molecular formula is C29H28Br2O6. The van der Waals surface area contributed by atoms with E-state index in [1.807, 2.05) is 27.7 Å². The zero-order valence-electron chi connectivity index (χ0n) is 21.0. The maximum absolute atomic E-state index is 13.5. The van der Waals surface area contributed by atoms with E-state index < -0.39 is 17.5 Å². The molecule has 0 aromatic heterocycles. The molecule has 4 rings (SSSR count). The van der Waals surface area contributed by atoms with Crippen molar-refractivity contribution < 1.29 is 29.6 Å². The number of cyclic esters (lactones) is 1. The Morgan fingerprint density at radius 2 is 1.27 bits per heavy atom. The summed E-state index contributed by atoms with van der Waals surface area (Å²) in [7, 11) is 0. The molecule has 3 aromatic rings. The first-order valence-electron chi connectivity index (χ1n) is 12.3. The predicted molar refractivity (Wildman–Crippen MR) is 148 cm³/mol. The van der Waals surface area contributed by atoms with Gasteiger partial charge in [-0.1, -0.05) is 59.6 Å². The lowest BCUT2D eigenvalue weighted by Crippen LogP contribution is -2.34. The first kappa shape index (κ1) is 27.2. The van der Waals surface area contributed by atoms with Crippen molar-refractivity contribution in [3.8, 4) is 11.5 Å². The van der Waals surface area contributed by atoms with Gasteiger partial charge in [-0.2, -0.15) is 0 Å². The maximum Gasteiger partial charge on any atom is 0.340 e. The highest BCUT2D eigenvalue weighted by molar-refractivity contribution is 9.10. The van der Waals surface area contributed by atoms with Crippen molar-refractivity contribution in [1.29, 1.82) is 0 Å². The molecule has 0 radical (unpaired) electrons. The maximum atomic E-state index is 13.5. The SMILES string of the molecule is CCc1c(O)cc(Br)c(C2(c3c(Br)cc(O)c(CC)c3CC)OC(=O)c3ccc(C(=O)O)cc32)c1CC. The van der Waals surface area contributed by atoms with Gasteiger partial charge in [0.05, 0.1) is 11.1 Å². The number of fused-ring (bicyclic) bond motifs is 1. The average Bonchev–Trinajstić information content (AvgIpc) is 3.14. The van der Waals surface area contributed by atoms with Crippen LogP contribution in [0.5, 0.6) is 11.5 Å². The number of carbonyl (C=O) groups is 2. The number of ether oxygens (including phenoxy) is 1. The molecule has 3 aromatic carbocycles. The molecule has 0 fully saturated rings. The third-order valence-corrected chi connectivity index (χ3v) is 8.44. The van der Waals surface area contributed by atoms with Crippen molar-refractivity contribution in [1.82, 2.24) is 0 Å². The molecular weight excluding hydrogens is 604 g/mol. The van der Waals surface area contributed by atoms with Crippen molar-refractivity contribution in [2.75, 3.05) is 0 Å². The van der Waals surface area contributed by atoms with Crippen LogP contribution in [0.15, 0.2) is 39.3 Å². The number of carboxylic acid groups (broad SMARTS) is 1. The first-order valence-corrected chi connectivity index (χ1v) is 13.8. The van der Waals surface area contributed by atoms with Crippen molar-refractivity contribution in [3.63, 3.8) is 0 Å². The third-order valence-electron chi connectivity index (χ3n) is 7.18. The number of aromatic hydroxyl groups is 2. The van der Waals surface area contributed by atoms with E-state index in [0.717, 1.165) is 22.3 Å². The Morgan fingerprint density at radius 3 is 1.68 bits per heavy atom. The highest BCUT2D eigenvalue weighted by Gasteiger charge is 2.53. The van der Waals surface area contributed by atoms with Crippen LogP contribution in [0.4, 0.5) is 0 Å². The van der Waals surface area contributed by atoms with Crippen LogP contribution < -0.4 is 0 Å². The lowest BCUT2D eigenvalue weighted by molar-refractivity contribution is 0.0242. The summed E-state index contributed by atoms with van der Waals surface area (Å²) in [6.07, 6.45) is 2.13. The fourth-order valence-electron chi connectivity index (χ4n) is 5.68. The fraction of sp³-hybridized carbons (Fsp3) is 0.310. The van der Waals surface area contributed by atoms with E-state index in [2.05, 4.69) is 31.9 Å². The van der Waals surface area contributed by atoms with Crippen LogP contribution in [0.1, 0.15) is 87.4 Å². The molecule has 6 nitrogen and oxygen atoms in total. The molecule has 8 heteroatoms. The summed E-state index contributed by atoms with van der Waals surface area (Å²) in [5.74, 6) is -1.44. The van der Waals surface area contributed by atoms with Gasteiger partial charge in [-0.05, 0) is 78.3 Å². The number of aromatic carboxylic acids is 1.